The van der Waals surface area contributed by atoms with E-state index in [0.717, 1.165) is 61.5 Å². The Bertz CT molecular complexity index is 1910. The van der Waals surface area contributed by atoms with Gasteiger partial charge >= 0.3 is 0 Å². The highest BCUT2D eigenvalue weighted by Crippen LogP contribution is 2.43. The molecule has 0 amide bonds. The average molecular weight is 529 g/mol. The Hall–Kier alpha value is -5.28. The molecule has 196 valence electrons. The van der Waals surface area contributed by atoms with Gasteiger partial charge in [-0.25, -0.2) is 4.98 Å². The number of carbonyl (C=O) groups is 1. The van der Waals surface area contributed by atoms with Crippen molar-refractivity contribution in [1.29, 1.82) is 0 Å². The lowest BCUT2D eigenvalue weighted by Crippen LogP contribution is -2.37. The van der Waals surface area contributed by atoms with Crippen molar-refractivity contribution < 1.29 is 4.79 Å². The monoisotopic (exact) mass is 528 g/mol. The number of fused-ring (bicyclic) bond motifs is 2. The molecule has 0 aliphatic carbocycles. The van der Waals surface area contributed by atoms with Crippen LogP contribution < -0.4 is 0 Å². The highest BCUT2D eigenvalue weighted by atomic mass is 16.1. The van der Waals surface area contributed by atoms with Crippen LogP contribution in [-0.2, 0) is 5.54 Å². The fraction of sp³-hybridized carbons (Fsp3) is 0.0526. The van der Waals surface area contributed by atoms with Crippen LogP contribution >= 0.6 is 0 Å². The van der Waals surface area contributed by atoms with E-state index in [2.05, 4.69) is 127 Å². The number of aryl methyl sites for hydroxylation is 1. The first kappa shape index (κ1) is 24.7. The zero-order valence-electron chi connectivity index (χ0n) is 22.7. The van der Waals surface area contributed by atoms with E-state index in [1.807, 2.05) is 30.6 Å². The van der Waals surface area contributed by atoms with Gasteiger partial charge in [0.25, 0.3) is 0 Å². The molecule has 7 rings (SSSR count). The third-order valence-corrected chi connectivity index (χ3v) is 8.20. The summed E-state index contributed by atoms with van der Waals surface area (Å²) in [5.41, 5.74) is 8.82. The number of carbonyl (C=O) groups excluding carboxylic acids is 1. The molecule has 0 aliphatic rings. The number of nitrogens with zero attached hydrogens (tertiary/aromatic N) is 2. The molecule has 0 bridgehead atoms. The normalized spacial score (nSPS) is 11.6. The lowest BCUT2D eigenvalue weighted by Gasteiger charge is -2.38. The number of rotatable bonds is 6. The third kappa shape index (κ3) is 3.89. The van der Waals surface area contributed by atoms with Gasteiger partial charge in [-0.3, -0.25) is 4.79 Å². The van der Waals surface area contributed by atoms with Gasteiger partial charge in [0.05, 0.1) is 17.4 Å². The zero-order valence-corrected chi connectivity index (χ0v) is 22.7. The topological polar surface area (TPSA) is 34.9 Å². The summed E-state index contributed by atoms with van der Waals surface area (Å²) in [5, 5.41) is 2.02. The Morgan fingerprint density at radius 3 is 1.71 bits per heavy atom. The highest BCUT2D eigenvalue weighted by Gasteiger charge is 2.39. The second-order valence-electron chi connectivity index (χ2n) is 10.4. The molecular weight excluding hydrogens is 500 g/mol. The molecule has 0 N–H and O–H groups in total. The predicted molar refractivity (Wildman–Crippen MR) is 167 cm³/mol. The van der Waals surface area contributed by atoms with E-state index in [9.17, 15) is 4.79 Å². The summed E-state index contributed by atoms with van der Waals surface area (Å²) in [6.45, 7) is 2.13. The second-order valence-corrected chi connectivity index (χ2v) is 10.4. The molecule has 0 saturated heterocycles. The van der Waals surface area contributed by atoms with Gasteiger partial charge in [0.15, 0.2) is 6.29 Å². The highest BCUT2D eigenvalue weighted by molar-refractivity contribution is 6.06. The number of hydrogen-bond donors (Lipinski definition) is 0. The minimum absolute atomic E-state index is 0.658. The van der Waals surface area contributed by atoms with E-state index in [1.54, 1.807) is 0 Å². The van der Waals surface area contributed by atoms with Crippen molar-refractivity contribution in [3.8, 4) is 11.1 Å². The molecule has 6 aromatic carbocycles. The first-order valence-corrected chi connectivity index (χ1v) is 13.8. The van der Waals surface area contributed by atoms with Crippen LogP contribution in [0, 0.1) is 6.92 Å². The molecule has 3 heteroatoms. The Morgan fingerprint density at radius 2 is 1.15 bits per heavy atom. The van der Waals surface area contributed by atoms with Crippen molar-refractivity contribution in [2.24, 2.45) is 0 Å². The van der Waals surface area contributed by atoms with Crippen LogP contribution in [0.1, 0.15) is 32.6 Å². The Balaban J connectivity index is 1.58. The van der Waals surface area contributed by atoms with Crippen molar-refractivity contribution in [2.75, 3.05) is 0 Å². The fourth-order valence-electron chi connectivity index (χ4n) is 6.33. The van der Waals surface area contributed by atoms with Gasteiger partial charge in [-0.1, -0.05) is 127 Å². The summed E-state index contributed by atoms with van der Waals surface area (Å²) in [5.74, 6) is 0. The van der Waals surface area contributed by atoms with Crippen LogP contribution in [0.15, 0.2) is 146 Å². The summed E-state index contributed by atoms with van der Waals surface area (Å²) in [6.07, 6.45) is 2.92. The van der Waals surface area contributed by atoms with E-state index in [0.29, 0.717) is 5.56 Å². The van der Waals surface area contributed by atoms with Crippen LogP contribution in [0.3, 0.4) is 0 Å². The number of benzene rings is 6. The summed E-state index contributed by atoms with van der Waals surface area (Å²) < 4.78 is 2.33. The van der Waals surface area contributed by atoms with Crippen LogP contribution in [0.25, 0.3) is 32.9 Å². The van der Waals surface area contributed by atoms with Crippen molar-refractivity contribution in [2.45, 2.75) is 12.5 Å². The maximum atomic E-state index is 11.8. The zero-order chi connectivity index (χ0) is 27.8. The lowest BCUT2D eigenvalue weighted by atomic mass is 9.76. The number of aldehydes is 1. The van der Waals surface area contributed by atoms with E-state index < -0.39 is 5.54 Å². The molecule has 41 heavy (non-hydrogen) atoms. The van der Waals surface area contributed by atoms with E-state index in [-0.39, 0.29) is 0 Å². The SMILES string of the molecule is Cc1cc2ncn(C(c3ccccc3)(c3ccccc3)c3ccccc3)c2cc1-c1ccc(C=O)c2ccccc12. The van der Waals surface area contributed by atoms with Crippen LogP contribution in [0.5, 0.6) is 0 Å². The molecule has 0 aliphatic heterocycles. The van der Waals surface area contributed by atoms with Gasteiger partial charge in [-0.2, -0.15) is 0 Å². The van der Waals surface area contributed by atoms with Crippen LogP contribution in [0.2, 0.25) is 0 Å². The first-order chi connectivity index (χ1) is 20.2. The molecule has 0 spiro atoms. The molecule has 3 nitrogen and oxygen atoms in total. The maximum Gasteiger partial charge on any atom is 0.150 e. The quantitative estimate of drug-likeness (QED) is 0.160. The molecule has 1 heterocycles. The molecule has 0 unspecified atom stereocenters. The fourth-order valence-corrected chi connectivity index (χ4v) is 6.33. The molecule has 0 fully saturated rings. The van der Waals surface area contributed by atoms with Gasteiger partial charge in [0, 0.05) is 5.56 Å². The van der Waals surface area contributed by atoms with E-state index >= 15 is 0 Å². The summed E-state index contributed by atoms with van der Waals surface area (Å²) in [6, 6.07) is 48.6. The largest absolute Gasteiger partial charge is 0.312 e. The maximum absolute atomic E-state index is 11.8. The van der Waals surface area contributed by atoms with Gasteiger partial charge < -0.3 is 4.57 Å². The predicted octanol–water partition coefficient (Wildman–Crippen LogP) is 8.82. The lowest BCUT2D eigenvalue weighted by molar-refractivity contribution is 0.112. The van der Waals surface area contributed by atoms with Crippen LogP contribution in [0.4, 0.5) is 0 Å². The number of hydrogen-bond acceptors (Lipinski definition) is 2. The second kappa shape index (κ2) is 10.0. The molecule has 1 aromatic heterocycles. The van der Waals surface area contributed by atoms with Crippen LogP contribution in [-0.4, -0.2) is 15.8 Å². The van der Waals surface area contributed by atoms with E-state index in [4.69, 9.17) is 4.98 Å². The molecule has 0 saturated carbocycles. The summed E-state index contributed by atoms with van der Waals surface area (Å²) in [4.78, 5) is 16.8. The van der Waals surface area contributed by atoms with Crippen molar-refractivity contribution in [3.05, 3.63) is 174 Å². The number of imidazole rings is 1. The van der Waals surface area contributed by atoms with Gasteiger partial charge in [0.2, 0.25) is 0 Å². The van der Waals surface area contributed by atoms with Crippen molar-refractivity contribution in [3.63, 3.8) is 0 Å². The van der Waals surface area contributed by atoms with E-state index in [1.165, 1.54) is 0 Å². The molecular formula is C38H28N2O. The average Bonchev–Trinajstić information content (AvgIpc) is 3.45. The van der Waals surface area contributed by atoms with Crippen molar-refractivity contribution in [1.82, 2.24) is 9.55 Å². The third-order valence-electron chi connectivity index (χ3n) is 8.20. The first-order valence-electron chi connectivity index (χ1n) is 13.8. The molecule has 0 radical (unpaired) electrons. The summed E-state index contributed by atoms with van der Waals surface area (Å²) >= 11 is 0. The molecule has 7 aromatic rings. The van der Waals surface area contributed by atoms with Gasteiger partial charge in [0.1, 0.15) is 5.54 Å². The minimum atomic E-state index is -0.658. The van der Waals surface area contributed by atoms with Gasteiger partial charge in [-0.05, 0) is 63.2 Å². The minimum Gasteiger partial charge on any atom is -0.312 e. The standard InChI is InChI=1S/C38H28N2O/c1-27-23-36-37(24-35(27)34-22-21-28(25-41)32-19-11-12-20-33(32)34)40(26-39-36)38(29-13-5-2-6-14-29,30-15-7-3-8-16-30)31-17-9-4-10-18-31/h2-26H,1H3. The Kier molecular flexibility index (Phi) is 6.06. The number of aromatic nitrogens is 2. The summed E-state index contributed by atoms with van der Waals surface area (Å²) in [7, 11) is 0. The van der Waals surface area contributed by atoms with Crippen molar-refractivity contribution >= 4 is 28.1 Å². The Morgan fingerprint density at radius 1 is 0.610 bits per heavy atom. The van der Waals surface area contributed by atoms with Gasteiger partial charge in [-0.15, -0.1) is 0 Å². The Labute approximate surface area is 239 Å². The molecule has 0 atom stereocenters. The smallest absolute Gasteiger partial charge is 0.150 e.